The summed E-state index contributed by atoms with van der Waals surface area (Å²) < 4.78 is 24.9. The van der Waals surface area contributed by atoms with Crippen molar-refractivity contribution in [1.82, 2.24) is 39.9 Å². The van der Waals surface area contributed by atoms with Crippen LogP contribution < -0.4 is 77.2 Å². The van der Waals surface area contributed by atoms with Gasteiger partial charge in [0.05, 0.1) is 79.6 Å². The Morgan fingerprint density at radius 3 is 1.49 bits per heavy atom. The van der Waals surface area contributed by atoms with Gasteiger partial charge < -0.3 is 68.8 Å². The summed E-state index contributed by atoms with van der Waals surface area (Å²) in [5.74, 6) is 1.92. The van der Waals surface area contributed by atoms with E-state index in [2.05, 4.69) is 87.7 Å². The van der Waals surface area contributed by atoms with Gasteiger partial charge in [-0.05, 0) is 209 Å². The van der Waals surface area contributed by atoms with Crippen LogP contribution in [0.15, 0.2) is 130 Å². The maximum Gasteiger partial charge on any atom is 1.00 e. The fourth-order valence-electron chi connectivity index (χ4n) is 11.4. The smallest absolute Gasteiger partial charge is 1.00 e. The minimum absolute atomic E-state index is 0. The molecule has 13 heterocycles. The first kappa shape index (κ1) is 102. The van der Waals surface area contributed by atoms with Crippen molar-refractivity contribution in [2.75, 3.05) is 27.9 Å². The number of aromatic nitrogens is 8. The van der Waals surface area contributed by atoms with Crippen molar-refractivity contribution < 1.29 is 111 Å². The van der Waals surface area contributed by atoms with E-state index in [9.17, 15) is 24.3 Å². The number of amides is 3. The van der Waals surface area contributed by atoms with E-state index in [0.717, 1.165) is 88.9 Å². The third-order valence-electron chi connectivity index (χ3n) is 16.2. The average Bonchev–Trinajstić information content (AvgIpc) is 1.64. The van der Waals surface area contributed by atoms with Gasteiger partial charge in [0, 0.05) is 130 Å². The molecule has 33 heteroatoms. The number of anilines is 3. The summed E-state index contributed by atoms with van der Waals surface area (Å²) in [6.07, 6.45) is 22.0. The molecule has 110 heavy (non-hydrogen) atoms. The monoisotopic (exact) mass is 1820 g/mol. The molecular weight excluding hydrogens is 1740 g/mol. The summed E-state index contributed by atoms with van der Waals surface area (Å²) in [5, 5.41) is 20.9. The molecule has 8 aromatic heterocycles. The van der Waals surface area contributed by atoms with E-state index in [1.807, 2.05) is 111 Å². The minimum Gasteiger partial charge on any atom is -1.00 e. The Balaban J connectivity index is 0.000000464. The van der Waals surface area contributed by atoms with E-state index < -0.39 is 5.54 Å². The van der Waals surface area contributed by atoms with Gasteiger partial charge in [-0.2, -0.15) is 0 Å². The van der Waals surface area contributed by atoms with Crippen molar-refractivity contribution in [2.24, 2.45) is 0 Å². The molecule has 0 spiro atoms. The van der Waals surface area contributed by atoms with E-state index in [1.165, 1.54) is 12.4 Å². The van der Waals surface area contributed by atoms with Crippen LogP contribution in [0.3, 0.4) is 0 Å². The number of hydrogen-bond donors (Lipinski definition) is 2. The Labute approximate surface area is 731 Å². The van der Waals surface area contributed by atoms with E-state index >= 15 is 0 Å². The zero-order valence-corrected chi connectivity index (χ0v) is 73.7. The summed E-state index contributed by atoms with van der Waals surface area (Å²) >= 11 is 38.8. The van der Waals surface area contributed by atoms with Crippen LogP contribution in [0, 0.1) is 14.9 Å². The number of halogens is 10. The van der Waals surface area contributed by atoms with E-state index in [-0.39, 0.29) is 138 Å². The number of nitrogens with zero attached hydrogens (tertiary/aromatic N) is 11. The molecule has 5 aliphatic rings. The molecule has 2 saturated heterocycles. The Morgan fingerprint density at radius 1 is 0.545 bits per heavy atom. The van der Waals surface area contributed by atoms with Crippen molar-refractivity contribution in [2.45, 2.75) is 175 Å². The number of aldehydes is 1. The van der Waals surface area contributed by atoms with Gasteiger partial charge in [0.25, 0.3) is 5.91 Å². The Bertz CT molecular complexity index is 4370. The molecule has 13 rings (SSSR count). The van der Waals surface area contributed by atoms with Crippen LogP contribution >= 0.6 is 106 Å². The van der Waals surface area contributed by atoms with Gasteiger partial charge in [-0.25, -0.2) is 24.9 Å². The molecule has 3 unspecified atom stereocenters. The Kier molecular flexibility index (Phi) is 43.8. The zero-order chi connectivity index (χ0) is 75.6. The molecule has 8 aromatic rings. The van der Waals surface area contributed by atoms with Gasteiger partial charge in [0.1, 0.15) is 32.4 Å². The third kappa shape index (κ3) is 28.4. The Morgan fingerprint density at radius 2 is 1.00 bits per heavy atom. The molecule has 0 aliphatic carbocycles. The number of fused-ring (bicyclic) bond motifs is 3. The maximum absolute atomic E-state index is 13.3. The first-order chi connectivity index (χ1) is 49.4. The predicted octanol–water partition coefficient (Wildman–Crippen LogP) is 6.48. The van der Waals surface area contributed by atoms with Crippen LogP contribution in [0.25, 0.3) is 11.6 Å². The molecule has 3 atom stereocenters. The van der Waals surface area contributed by atoms with Crippen molar-refractivity contribution in [3.63, 3.8) is 0 Å². The molecular formula is C77H87Br3Cl7Li2N11O10-2. The summed E-state index contributed by atoms with van der Waals surface area (Å²) in [6.45, 7) is 19.9. The van der Waals surface area contributed by atoms with Crippen LogP contribution in [0.1, 0.15) is 168 Å². The largest absolute Gasteiger partial charge is 1.00 e. The topological polar surface area (TPSA) is 258 Å². The number of rotatable bonds is 12. The summed E-state index contributed by atoms with van der Waals surface area (Å²) in [4.78, 5) is 87.9. The average molecular weight is 1830 g/mol. The van der Waals surface area contributed by atoms with Crippen molar-refractivity contribution in [3.8, 4) is 0 Å². The number of aliphatic hydroxyl groups excluding tert-OH is 2. The number of aliphatic hydroxyl groups is 2. The zero-order valence-electron chi connectivity index (χ0n) is 63.6. The molecule has 5 aliphatic heterocycles. The van der Waals surface area contributed by atoms with Gasteiger partial charge in [0.15, 0.2) is 18.9 Å². The number of carbonyl (C=O) groups excluding carboxylic acids is 4. The van der Waals surface area contributed by atoms with Crippen LogP contribution in [0.4, 0.5) is 17.5 Å². The van der Waals surface area contributed by atoms with Gasteiger partial charge >= 0.3 is 37.7 Å². The van der Waals surface area contributed by atoms with Gasteiger partial charge in [-0.3, -0.25) is 48.8 Å². The van der Waals surface area contributed by atoms with E-state index in [1.54, 1.807) is 76.1 Å². The summed E-state index contributed by atoms with van der Waals surface area (Å²) in [7, 11) is 0. The third-order valence-corrected chi connectivity index (χ3v) is 19.7. The fraction of sp³-hybridized carbons (Fsp3) is 0.377. The number of ether oxygens (including phenoxy) is 4. The number of pyridine rings is 8. The quantitative estimate of drug-likeness (QED) is 0.0436. The predicted molar refractivity (Wildman–Crippen MR) is 429 cm³/mol. The summed E-state index contributed by atoms with van der Waals surface area (Å²) in [6, 6.07) is 20.0. The molecule has 0 saturated carbocycles. The number of carbonyl (C=O) groups is 4. The molecule has 2 fully saturated rings. The van der Waals surface area contributed by atoms with Gasteiger partial charge in [-0.15, -0.1) is 0 Å². The SMILES string of the molecule is CC(C)(C)N1C(=O)/C(=C/c2ncc(Cl)cc2COC2CCCCO2)c2cccnc21.CC(C)(C)N1C(=O)C(Cc2ncc(Cl)cc2CO)c2cccnc21.CC(C)(C)N1C(=O)Cc2cccnc21.Clc1cnc(Br)c(Br)c1.O=Cc1ncc(Cl)cc1COC1CCCCO1.OCc1cc(Cl)cnc1Br.[CH3-].[CH3-].[Cl-].[Cl-].[Li+].[Li+]. The maximum atomic E-state index is 13.3. The minimum atomic E-state index is -0.395. The molecule has 0 bridgehead atoms. The standard InChI is InChI=1S/C23H26ClN3O3.C18H20ClN3O2.C12H14ClNO3.C11H14N2O.C6H5BrClNO.C5H2Br2ClN.2CH3.2ClH.2Li/c1-23(2,3)27-21-17(7-6-9-25-21)18(22(27)28)12-19-15(11-16(24)13-26-19)14-30-20-8-4-5-10-29-20;1-18(2,3)22-16-13(5-4-6-20-16)14(17(22)24)8-15-11(10-23)7-12(19)9-21-15;13-10-5-9(11(7-15)14-6-10)8-17-12-3-1-2-4-16-12;1-11(2,3)13-9(14)7-8-5-4-6-12-10(8)13;7-6-4(3-10)1-5(8)2-9-6;6-4-1-3(8)2-9-5(4)7;;;;;;/h6-7,9,11-13,20H,4-5,8,10,14H2,1-3H3;4-7,9,14,23H,8,10H2,1-3H3;5-7,12H,1-4,8H2;4-6H,7H2,1-3H3;1-2,10H,3H2;1-2H;2*1H3;2*1H;;/q;;;;;;2*-1;;;2*+1/p-2/b18-12+;;;;;;;;;;;. The second-order valence-electron chi connectivity index (χ2n) is 27.2. The van der Waals surface area contributed by atoms with Crippen LogP contribution in [0.5, 0.6) is 0 Å². The second kappa shape index (κ2) is 47.5. The van der Waals surface area contributed by atoms with Crippen molar-refractivity contribution >= 4 is 159 Å². The molecule has 21 nitrogen and oxygen atoms in total. The van der Waals surface area contributed by atoms with Crippen molar-refractivity contribution in [1.29, 1.82) is 0 Å². The molecule has 3 amide bonds. The van der Waals surface area contributed by atoms with Gasteiger partial charge in [0.2, 0.25) is 11.8 Å². The molecule has 2 N–H and O–H groups in total. The fourth-order valence-corrected chi connectivity index (χ4v) is 13.4. The normalized spacial score (nSPS) is 16.2. The van der Waals surface area contributed by atoms with Crippen LogP contribution in [0.2, 0.25) is 25.1 Å². The Hall–Kier alpha value is -4.56. The molecule has 0 aromatic carbocycles. The van der Waals surface area contributed by atoms with Crippen molar-refractivity contribution in [3.05, 3.63) is 226 Å². The second-order valence-corrected chi connectivity index (χ2v) is 31.7. The van der Waals surface area contributed by atoms with E-state index in [0.29, 0.717) is 113 Å². The molecule has 0 radical (unpaired) electrons. The first-order valence-corrected chi connectivity index (χ1v) is 37.6. The van der Waals surface area contributed by atoms with Crippen LogP contribution in [-0.2, 0) is 72.6 Å². The molecule has 584 valence electrons. The van der Waals surface area contributed by atoms with Gasteiger partial charge in [-0.1, -0.05) is 70.1 Å². The first-order valence-electron chi connectivity index (χ1n) is 33.3. The van der Waals surface area contributed by atoms with E-state index in [4.69, 9.17) is 82.1 Å². The summed E-state index contributed by atoms with van der Waals surface area (Å²) in [5.41, 5.74) is 6.94. The number of hydrogen-bond acceptors (Lipinski definition) is 18. The van der Waals surface area contributed by atoms with Crippen LogP contribution in [-0.4, -0.2) is 117 Å².